The van der Waals surface area contributed by atoms with E-state index in [4.69, 9.17) is 16.3 Å². The van der Waals surface area contributed by atoms with E-state index < -0.39 is 0 Å². The first-order valence-corrected chi connectivity index (χ1v) is 8.89. The second-order valence-corrected chi connectivity index (χ2v) is 6.73. The quantitative estimate of drug-likeness (QED) is 0.460. The smallest absolute Gasteiger partial charge is 0.210 e. The van der Waals surface area contributed by atoms with Crippen molar-refractivity contribution in [3.05, 3.63) is 65.9 Å². The number of halogens is 1. The molecule has 0 spiro atoms. The first-order valence-electron chi connectivity index (χ1n) is 7.70. The first kappa shape index (κ1) is 15.9. The van der Waals surface area contributed by atoms with Crippen LogP contribution in [-0.2, 0) is 0 Å². The van der Waals surface area contributed by atoms with E-state index in [1.54, 1.807) is 18.3 Å². The zero-order chi connectivity index (χ0) is 17.2. The predicted octanol–water partition coefficient (Wildman–Crippen LogP) is 5.85. The monoisotopic (exact) mass is 367 g/mol. The number of aromatic nitrogens is 2. The number of pyridine rings is 1. The number of fused-ring (bicyclic) bond motifs is 1. The van der Waals surface area contributed by atoms with Gasteiger partial charge in [-0.25, -0.2) is 9.97 Å². The average molecular weight is 368 g/mol. The van der Waals surface area contributed by atoms with Gasteiger partial charge in [-0.2, -0.15) is 0 Å². The molecule has 124 valence electrons. The molecule has 0 unspecified atom stereocenters. The van der Waals surface area contributed by atoms with Gasteiger partial charge in [-0.3, -0.25) is 0 Å². The van der Waals surface area contributed by atoms with Crippen LogP contribution in [0.25, 0.3) is 22.0 Å². The molecule has 0 aliphatic carbocycles. The zero-order valence-corrected chi connectivity index (χ0v) is 14.9. The SMILES string of the molecule is CNc1nc(-c2ccc3ccccc3c2)c(Oc2ccnc(Cl)c2)s1. The third kappa shape index (κ3) is 3.29. The van der Waals surface area contributed by atoms with Crippen LogP contribution in [0, 0.1) is 0 Å². The lowest BCUT2D eigenvalue weighted by Crippen LogP contribution is -1.88. The number of ether oxygens (including phenoxy) is 1. The molecule has 0 amide bonds. The molecule has 0 aliphatic heterocycles. The Bertz CT molecular complexity index is 1050. The maximum Gasteiger partial charge on any atom is 0.210 e. The first-order chi connectivity index (χ1) is 12.2. The number of hydrogen-bond donors (Lipinski definition) is 1. The molecule has 0 saturated heterocycles. The maximum absolute atomic E-state index is 6.03. The third-order valence-corrected chi connectivity index (χ3v) is 4.90. The van der Waals surface area contributed by atoms with Crippen molar-refractivity contribution in [1.82, 2.24) is 9.97 Å². The van der Waals surface area contributed by atoms with Crippen molar-refractivity contribution < 1.29 is 4.74 Å². The highest BCUT2D eigenvalue weighted by atomic mass is 35.5. The van der Waals surface area contributed by atoms with E-state index in [9.17, 15) is 0 Å². The second kappa shape index (κ2) is 6.70. The Morgan fingerprint density at radius 1 is 1.04 bits per heavy atom. The molecule has 0 fully saturated rings. The molecule has 0 radical (unpaired) electrons. The van der Waals surface area contributed by atoms with E-state index in [0.717, 1.165) is 21.8 Å². The topological polar surface area (TPSA) is 47.0 Å². The molecule has 0 aliphatic rings. The van der Waals surface area contributed by atoms with Crippen molar-refractivity contribution in [1.29, 1.82) is 0 Å². The molecule has 0 atom stereocenters. The van der Waals surface area contributed by atoms with Crippen LogP contribution in [0.15, 0.2) is 60.8 Å². The van der Waals surface area contributed by atoms with Gasteiger partial charge in [-0.1, -0.05) is 59.3 Å². The van der Waals surface area contributed by atoms with Crippen molar-refractivity contribution in [2.45, 2.75) is 0 Å². The van der Waals surface area contributed by atoms with Crippen LogP contribution in [0.1, 0.15) is 0 Å². The van der Waals surface area contributed by atoms with Crippen molar-refractivity contribution >= 4 is 38.8 Å². The summed E-state index contributed by atoms with van der Waals surface area (Å²) in [5.41, 5.74) is 1.81. The van der Waals surface area contributed by atoms with E-state index in [1.807, 2.05) is 19.2 Å². The van der Waals surface area contributed by atoms with Gasteiger partial charge in [-0.05, 0) is 22.9 Å². The Balaban J connectivity index is 1.78. The zero-order valence-electron chi connectivity index (χ0n) is 13.4. The molecule has 4 aromatic rings. The molecule has 25 heavy (non-hydrogen) atoms. The van der Waals surface area contributed by atoms with Gasteiger partial charge in [-0.15, -0.1) is 0 Å². The van der Waals surface area contributed by atoms with Gasteiger partial charge < -0.3 is 10.1 Å². The minimum Gasteiger partial charge on any atom is -0.444 e. The highest BCUT2D eigenvalue weighted by Gasteiger charge is 2.15. The van der Waals surface area contributed by atoms with Gasteiger partial charge in [0.05, 0.1) is 0 Å². The minimum atomic E-state index is 0.392. The summed E-state index contributed by atoms with van der Waals surface area (Å²) in [6, 6.07) is 18.0. The number of benzene rings is 2. The summed E-state index contributed by atoms with van der Waals surface area (Å²) < 4.78 is 6.03. The van der Waals surface area contributed by atoms with Gasteiger partial charge >= 0.3 is 0 Å². The molecule has 4 nitrogen and oxygen atoms in total. The van der Waals surface area contributed by atoms with E-state index in [2.05, 4.69) is 45.6 Å². The van der Waals surface area contributed by atoms with Crippen LogP contribution in [0.4, 0.5) is 5.13 Å². The van der Waals surface area contributed by atoms with Gasteiger partial charge in [0, 0.05) is 24.9 Å². The summed E-state index contributed by atoms with van der Waals surface area (Å²) in [7, 11) is 1.84. The predicted molar refractivity (Wildman–Crippen MR) is 104 cm³/mol. The number of hydrogen-bond acceptors (Lipinski definition) is 5. The van der Waals surface area contributed by atoms with Crippen LogP contribution < -0.4 is 10.1 Å². The standard InChI is InChI=1S/C19H14ClN3OS/c1-21-19-23-17(14-7-6-12-4-2-3-5-13(12)10-14)18(25-19)24-15-8-9-22-16(20)11-15/h2-11H,1H3,(H,21,23). The van der Waals surface area contributed by atoms with E-state index in [1.165, 1.54) is 16.7 Å². The third-order valence-electron chi connectivity index (χ3n) is 3.74. The number of nitrogens with zero attached hydrogens (tertiary/aromatic N) is 2. The fraction of sp³-hybridized carbons (Fsp3) is 0.0526. The van der Waals surface area contributed by atoms with Crippen molar-refractivity contribution in [2.24, 2.45) is 0 Å². The maximum atomic E-state index is 6.03. The molecule has 4 rings (SSSR count). The second-order valence-electron chi connectivity index (χ2n) is 5.38. The molecule has 6 heteroatoms. The summed E-state index contributed by atoms with van der Waals surface area (Å²) >= 11 is 7.40. The van der Waals surface area contributed by atoms with E-state index in [0.29, 0.717) is 16.0 Å². The highest BCUT2D eigenvalue weighted by Crippen LogP contribution is 2.41. The van der Waals surface area contributed by atoms with E-state index >= 15 is 0 Å². The summed E-state index contributed by atoms with van der Waals surface area (Å²) in [5.74, 6) is 0.633. The van der Waals surface area contributed by atoms with Crippen molar-refractivity contribution in [3.63, 3.8) is 0 Å². The number of anilines is 1. The van der Waals surface area contributed by atoms with Crippen LogP contribution in [0.5, 0.6) is 10.8 Å². The highest BCUT2D eigenvalue weighted by molar-refractivity contribution is 7.17. The van der Waals surface area contributed by atoms with Crippen LogP contribution in [0.2, 0.25) is 5.15 Å². The molecular formula is C19H14ClN3OS. The van der Waals surface area contributed by atoms with Crippen LogP contribution in [0.3, 0.4) is 0 Å². The Morgan fingerprint density at radius 2 is 1.88 bits per heavy atom. The molecule has 2 aromatic heterocycles. The summed E-state index contributed by atoms with van der Waals surface area (Å²) in [6.07, 6.45) is 1.62. The molecule has 2 heterocycles. The van der Waals surface area contributed by atoms with Crippen LogP contribution >= 0.6 is 22.9 Å². The summed E-state index contributed by atoms with van der Waals surface area (Å²) in [6.45, 7) is 0. The van der Waals surface area contributed by atoms with E-state index in [-0.39, 0.29) is 0 Å². The Hall–Kier alpha value is -2.63. The fourth-order valence-electron chi connectivity index (χ4n) is 2.56. The Labute approximate surface area is 154 Å². The van der Waals surface area contributed by atoms with Gasteiger partial charge in [0.1, 0.15) is 16.6 Å². The van der Waals surface area contributed by atoms with Gasteiger partial charge in [0.2, 0.25) is 5.06 Å². The molecule has 0 saturated carbocycles. The average Bonchev–Trinajstić information content (AvgIpc) is 3.04. The van der Waals surface area contributed by atoms with Crippen LogP contribution in [-0.4, -0.2) is 17.0 Å². The summed E-state index contributed by atoms with van der Waals surface area (Å²) in [4.78, 5) is 8.64. The number of nitrogens with one attached hydrogen (secondary N) is 1. The summed E-state index contributed by atoms with van der Waals surface area (Å²) in [5, 5.41) is 7.33. The number of thiazole rings is 1. The Morgan fingerprint density at radius 3 is 2.68 bits per heavy atom. The Kier molecular flexibility index (Phi) is 4.26. The van der Waals surface area contributed by atoms with Crippen molar-refractivity contribution in [2.75, 3.05) is 12.4 Å². The van der Waals surface area contributed by atoms with Crippen molar-refractivity contribution in [3.8, 4) is 22.1 Å². The number of rotatable bonds is 4. The molecule has 2 aromatic carbocycles. The van der Waals surface area contributed by atoms with Gasteiger partial charge in [0.25, 0.3) is 0 Å². The molecule has 0 bridgehead atoms. The van der Waals surface area contributed by atoms with Gasteiger partial charge in [0.15, 0.2) is 5.13 Å². The largest absolute Gasteiger partial charge is 0.444 e. The normalized spacial score (nSPS) is 10.8. The lowest BCUT2D eigenvalue weighted by Gasteiger charge is -2.06. The molecule has 1 N–H and O–H groups in total. The lowest BCUT2D eigenvalue weighted by molar-refractivity contribution is 0.496. The lowest BCUT2D eigenvalue weighted by atomic mass is 10.1. The fourth-order valence-corrected chi connectivity index (χ4v) is 3.53. The molecular weight excluding hydrogens is 354 g/mol. The minimum absolute atomic E-state index is 0.392.